The fraction of sp³-hybridized carbons (Fsp3) is 0.471. The van der Waals surface area contributed by atoms with Gasteiger partial charge in [-0.25, -0.2) is 4.79 Å². The number of anilines is 1. The van der Waals surface area contributed by atoms with Crippen LogP contribution in [-0.4, -0.2) is 58.3 Å². The number of likely N-dealkylation sites (N-methyl/N-ethyl adjacent to an activating group) is 1. The van der Waals surface area contributed by atoms with E-state index in [9.17, 15) is 18.0 Å². The highest BCUT2D eigenvalue weighted by atomic mass is 35.5. The SMILES string of the molecule is CN(C)C(=O)COC(=O)c1cc2c(cc1Cl)N1CCCCCC1=NS2(=O)=O. The predicted octanol–water partition coefficient (Wildman–Crippen LogP) is 2.07. The highest BCUT2D eigenvalue weighted by Gasteiger charge is 2.33. The molecule has 10 heteroatoms. The molecule has 0 unspecified atom stereocenters. The van der Waals surface area contributed by atoms with Crippen molar-refractivity contribution in [3.05, 3.63) is 22.7 Å². The molecule has 0 atom stereocenters. The Balaban J connectivity index is 1.97. The lowest BCUT2D eigenvalue weighted by Gasteiger charge is -2.30. The average molecular weight is 414 g/mol. The zero-order valence-corrected chi connectivity index (χ0v) is 16.6. The lowest BCUT2D eigenvalue weighted by molar-refractivity contribution is -0.131. The van der Waals surface area contributed by atoms with Gasteiger partial charge in [0, 0.05) is 27.1 Å². The largest absolute Gasteiger partial charge is 0.452 e. The van der Waals surface area contributed by atoms with Crippen molar-refractivity contribution in [3.8, 4) is 0 Å². The Bertz CT molecular complexity index is 927. The molecule has 0 bridgehead atoms. The molecule has 3 rings (SSSR count). The lowest BCUT2D eigenvalue weighted by Crippen LogP contribution is -2.35. The fourth-order valence-corrected chi connectivity index (χ4v) is 4.49. The van der Waals surface area contributed by atoms with E-state index in [-0.39, 0.29) is 15.5 Å². The molecule has 146 valence electrons. The summed E-state index contributed by atoms with van der Waals surface area (Å²) in [5.41, 5.74) is 0.312. The fourth-order valence-electron chi connectivity index (χ4n) is 2.99. The maximum absolute atomic E-state index is 12.6. The molecule has 0 spiro atoms. The van der Waals surface area contributed by atoms with Crippen molar-refractivity contribution in [1.29, 1.82) is 0 Å². The van der Waals surface area contributed by atoms with Crippen molar-refractivity contribution in [1.82, 2.24) is 4.90 Å². The summed E-state index contributed by atoms with van der Waals surface area (Å²) in [7, 11) is -0.875. The van der Waals surface area contributed by atoms with Gasteiger partial charge in [-0.1, -0.05) is 18.0 Å². The molecule has 0 aliphatic carbocycles. The molecule has 1 aromatic rings. The number of amidine groups is 1. The van der Waals surface area contributed by atoms with Crippen molar-refractivity contribution in [3.63, 3.8) is 0 Å². The van der Waals surface area contributed by atoms with Gasteiger partial charge in [-0.3, -0.25) is 4.79 Å². The van der Waals surface area contributed by atoms with Gasteiger partial charge >= 0.3 is 5.97 Å². The summed E-state index contributed by atoms with van der Waals surface area (Å²) in [4.78, 5) is 26.9. The number of sulfonamides is 1. The van der Waals surface area contributed by atoms with Crippen LogP contribution in [0, 0.1) is 0 Å². The van der Waals surface area contributed by atoms with Gasteiger partial charge in [0.2, 0.25) is 0 Å². The van der Waals surface area contributed by atoms with E-state index in [2.05, 4.69) is 4.40 Å². The number of halogens is 1. The molecule has 0 radical (unpaired) electrons. The van der Waals surface area contributed by atoms with E-state index >= 15 is 0 Å². The first-order valence-corrected chi connectivity index (χ1v) is 10.3. The number of ether oxygens (including phenoxy) is 1. The van der Waals surface area contributed by atoms with Crippen LogP contribution in [0.5, 0.6) is 0 Å². The van der Waals surface area contributed by atoms with E-state index < -0.39 is 28.5 Å². The van der Waals surface area contributed by atoms with Crippen molar-refractivity contribution in [2.24, 2.45) is 4.40 Å². The molecule has 2 aliphatic heterocycles. The zero-order valence-electron chi connectivity index (χ0n) is 15.1. The summed E-state index contributed by atoms with van der Waals surface area (Å²) in [6.07, 6.45) is 3.35. The Morgan fingerprint density at radius 1 is 1.26 bits per heavy atom. The van der Waals surface area contributed by atoms with Crippen LogP contribution in [0.25, 0.3) is 0 Å². The maximum Gasteiger partial charge on any atom is 0.340 e. The van der Waals surface area contributed by atoms with Crippen molar-refractivity contribution in [2.45, 2.75) is 30.6 Å². The molecule has 1 aromatic carbocycles. The van der Waals surface area contributed by atoms with E-state index in [1.54, 1.807) is 0 Å². The maximum atomic E-state index is 12.6. The molecule has 2 heterocycles. The zero-order chi connectivity index (χ0) is 19.8. The Kier molecular flexibility index (Phi) is 5.43. The van der Waals surface area contributed by atoms with Crippen molar-refractivity contribution >= 4 is 45.0 Å². The van der Waals surface area contributed by atoms with Crippen molar-refractivity contribution in [2.75, 3.05) is 32.1 Å². The number of rotatable bonds is 3. The van der Waals surface area contributed by atoms with Gasteiger partial charge in [-0.2, -0.15) is 8.42 Å². The third kappa shape index (κ3) is 3.93. The number of carbonyl (C=O) groups excluding carboxylic acids is 2. The quantitative estimate of drug-likeness (QED) is 0.704. The summed E-state index contributed by atoms with van der Waals surface area (Å²) in [6.45, 7) is 0.180. The van der Waals surface area contributed by atoms with Crippen LogP contribution in [0.4, 0.5) is 5.69 Å². The Hall–Kier alpha value is -2.13. The first kappa shape index (κ1) is 19.6. The van der Waals surface area contributed by atoms with Crippen molar-refractivity contribution < 1.29 is 22.7 Å². The van der Waals surface area contributed by atoms with Crippen LogP contribution in [-0.2, 0) is 19.6 Å². The summed E-state index contributed by atoms with van der Waals surface area (Å²) in [6, 6.07) is 2.64. The average Bonchev–Trinajstić information content (AvgIpc) is 2.83. The number of hydrogen-bond acceptors (Lipinski definition) is 6. The van der Waals surface area contributed by atoms with Gasteiger partial charge in [0.25, 0.3) is 15.9 Å². The van der Waals surface area contributed by atoms with Gasteiger partial charge in [0.05, 0.1) is 16.3 Å². The summed E-state index contributed by atoms with van der Waals surface area (Å²) < 4.78 is 34.1. The molecule has 8 nitrogen and oxygen atoms in total. The second kappa shape index (κ2) is 7.47. The molecule has 1 saturated heterocycles. The molecule has 2 aliphatic rings. The number of carbonyl (C=O) groups is 2. The van der Waals surface area contributed by atoms with Gasteiger partial charge in [-0.15, -0.1) is 4.40 Å². The minimum atomic E-state index is -3.94. The van der Waals surface area contributed by atoms with Gasteiger partial charge < -0.3 is 14.5 Å². The van der Waals surface area contributed by atoms with Crippen LogP contribution >= 0.6 is 11.6 Å². The molecule has 0 saturated carbocycles. The van der Waals surface area contributed by atoms with Gasteiger partial charge in [-0.05, 0) is 25.0 Å². The molecule has 1 amide bonds. The monoisotopic (exact) mass is 413 g/mol. The highest BCUT2D eigenvalue weighted by Crippen LogP contribution is 2.38. The topological polar surface area (TPSA) is 96.3 Å². The van der Waals surface area contributed by atoms with Crippen LogP contribution in [0.3, 0.4) is 0 Å². The second-order valence-corrected chi connectivity index (χ2v) is 8.59. The molecule has 0 aromatic heterocycles. The molecular weight excluding hydrogens is 394 g/mol. The number of nitrogens with zero attached hydrogens (tertiary/aromatic N) is 3. The standard InChI is InChI=1S/C17H20ClN3O5S/c1-20(2)16(22)10-26-17(23)11-8-14-13(9-12(11)18)21-7-5-3-4-6-15(21)19-27(14,24)25/h8-9H,3-7,10H2,1-2H3. The Morgan fingerprint density at radius 3 is 2.70 bits per heavy atom. The molecule has 27 heavy (non-hydrogen) atoms. The van der Waals surface area contributed by atoms with Crippen LogP contribution in [0.2, 0.25) is 5.02 Å². The smallest absolute Gasteiger partial charge is 0.340 e. The number of esters is 1. The van der Waals surface area contributed by atoms with Crippen LogP contribution in [0.1, 0.15) is 36.0 Å². The summed E-state index contributed by atoms with van der Waals surface area (Å²) in [5.74, 6) is -0.759. The molecule has 1 fully saturated rings. The third-order valence-corrected chi connectivity index (χ3v) is 6.13. The summed E-state index contributed by atoms with van der Waals surface area (Å²) >= 11 is 6.24. The van der Waals surface area contributed by atoms with Crippen LogP contribution in [0.15, 0.2) is 21.4 Å². The minimum absolute atomic E-state index is 0.0664. The number of amides is 1. The van der Waals surface area contributed by atoms with E-state index in [0.29, 0.717) is 24.5 Å². The van der Waals surface area contributed by atoms with Crippen LogP contribution < -0.4 is 4.90 Å². The number of benzene rings is 1. The minimum Gasteiger partial charge on any atom is -0.452 e. The first-order valence-electron chi connectivity index (χ1n) is 8.53. The Labute approximate surface area is 162 Å². The number of fused-ring (bicyclic) bond motifs is 3. The first-order chi connectivity index (χ1) is 12.7. The normalized spacial score (nSPS) is 17.9. The molecule has 0 N–H and O–H groups in total. The van der Waals surface area contributed by atoms with Gasteiger partial charge in [0.15, 0.2) is 6.61 Å². The van der Waals surface area contributed by atoms with E-state index in [0.717, 1.165) is 19.3 Å². The predicted molar refractivity (Wildman–Crippen MR) is 101 cm³/mol. The van der Waals surface area contributed by atoms with E-state index in [4.69, 9.17) is 16.3 Å². The second-order valence-electron chi connectivity index (χ2n) is 6.61. The Morgan fingerprint density at radius 2 is 2.00 bits per heavy atom. The number of hydrogen-bond donors (Lipinski definition) is 0. The summed E-state index contributed by atoms with van der Waals surface area (Å²) in [5, 5.41) is 0.0664. The van der Waals surface area contributed by atoms with Gasteiger partial charge in [0.1, 0.15) is 10.7 Å². The van der Waals surface area contributed by atoms with E-state index in [1.807, 2.05) is 4.90 Å². The van der Waals surface area contributed by atoms with E-state index in [1.165, 1.54) is 31.1 Å². The third-order valence-electron chi connectivity index (χ3n) is 4.48. The molecular formula is C17H20ClN3O5S. The lowest BCUT2D eigenvalue weighted by atomic mass is 10.1. The highest BCUT2D eigenvalue weighted by molar-refractivity contribution is 7.90.